The lowest BCUT2D eigenvalue weighted by Crippen LogP contribution is -2.12. The first kappa shape index (κ1) is 14.9. The van der Waals surface area contributed by atoms with Crippen molar-refractivity contribution in [1.82, 2.24) is 4.98 Å². The molecule has 2 aromatic heterocycles. The van der Waals surface area contributed by atoms with Crippen molar-refractivity contribution in [2.24, 2.45) is 0 Å². The molecule has 0 fully saturated rings. The molecule has 3 rings (SSSR count). The molecule has 0 saturated heterocycles. The quantitative estimate of drug-likeness (QED) is 0.761. The summed E-state index contributed by atoms with van der Waals surface area (Å²) in [6, 6.07) is 15.2. The number of benzene rings is 1. The minimum atomic E-state index is -0.151. The van der Waals surface area contributed by atoms with Gasteiger partial charge < -0.3 is 5.32 Å². The molecule has 0 atom stereocenters. The van der Waals surface area contributed by atoms with E-state index in [1.165, 1.54) is 0 Å². The molecule has 2 heterocycles. The summed E-state index contributed by atoms with van der Waals surface area (Å²) in [7, 11) is 0. The summed E-state index contributed by atoms with van der Waals surface area (Å²) in [6.45, 7) is 0. The monoisotopic (exact) mass is 296 g/mol. The number of hydrogen-bond donors (Lipinski definition) is 1. The summed E-state index contributed by atoms with van der Waals surface area (Å²) < 4.78 is 0. The Bertz CT molecular complexity index is 709. The highest BCUT2D eigenvalue weighted by Crippen LogP contribution is 2.24. The van der Waals surface area contributed by atoms with Crippen LogP contribution >= 0.6 is 11.3 Å². The van der Waals surface area contributed by atoms with Gasteiger partial charge in [0, 0.05) is 28.5 Å². The highest BCUT2D eigenvalue weighted by atomic mass is 32.1. The summed E-state index contributed by atoms with van der Waals surface area (Å²) in [6.07, 6.45) is 3.35. The average molecular weight is 296 g/mol. The van der Waals surface area contributed by atoms with Gasteiger partial charge in [-0.25, -0.2) is 0 Å². The van der Waals surface area contributed by atoms with E-state index >= 15 is 0 Å². The van der Waals surface area contributed by atoms with Crippen LogP contribution in [0.4, 0.5) is 5.69 Å². The number of nitrogens with zero attached hydrogens (tertiary/aromatic N) is 1. The average Bonchev–Trinajstić information content (AvgIpc) is 3.03. The second-order valence-electron chi connectivity index (χ2n) is 4.26. The van der Waals surface area contributed by atoms with E-state index in [0.717, 1.165) is 16.1 Å². The van der Waals surface area contributed by atoms with Crippen LogP contribution in [-0.4, -0.2) is 10.9 Å². The zero-order valence-corrected chi connectivity index (χ0v) is 11.4. The summed E-state index contributed by atoms with van der Waals surface area (Å²) in [5.41, 5.74) is 2.29. The van der Waals surface area contributed by atoms with E-state index in [1.807, 2.05) is 53.9 Å². The van der Waals surface area contributed by atoms with E-state index in [9.17, 15) is 4.79 Å². The molecular formula is C17H16N2OS. The minimum Gasteiger partial charge on any atom is -0.322 e. The highest BCUT2D eigenvalue weighted by Gasteiger charge is 2.08. The van der Waals surface area contributed by atoms with Crippen molar-refractivity contribution in [3.05, 3.63) is 71.9 Å². The largest absolute Gasteiger partial charge is 0.322 e. The lowest BCUT2D eigenvalue weighted by Gasteiger charge is -2.05. The van der Waals surface area contributed by atoms with Gasteiger partial charge in [0.15, 0.2) is 0 Å². The van der Waals surface area contributed by atoms with E-state index in [4.69, 9.17) is 0 Å². The summed E-state index contributed by atoms with van der Waals surface area (Å²) in [5, 5.41) is 4.86. The van der Waals surface area contributed by atoms with Crippen molar-refractivity contribution in [1.29, 1.82) is 0 Å². The molecule has 0 aliphatic rings. The van der Waals surface area contributed by atoms with E-state index in [1.54, 1.807) is 23.7 Å². The Morgan fingerprint density at radius 1 is 1.05 bits per heavy atom. The van der Waals surface area contributed by atoms with E-state index in [-0.39, 0.29) is 13.3 Å². The smallest absolute Gasteiger partial charge is 0.257 e. The molecule has 0 spiro atoms. The summed E-state index contributed by atoms with van der Waals surface area (Å²) >= 11 is 1.63. The van der Waals surface area contributed by atoms with Crippen molar-refractivity contribution in [2.75, 3.05) is 5.32 Å². The molecule has 0 bridgehead atoms. The van der Waals surface area contributed by atoms with Crippen LogP contribution in [0.5, 0.6) is 0 Å². The SMILES string of the molecule is C.O=C(Nc1ccccc1)c1cncc(-c2cccs2)c1. The van der Waals surface area contributed by atoms with Gasteiger partial charge >= 0.3 is 0 Å². The Morgan fingerprint density at radius 2 is 1.86 bits per heavy atom. The van der Waals surface area contributed by atoms with Crippen LogP contribution in [-0.2, 0) is 0 Å². The molecule has 0 aliphatic carbocycles. The third-order valence-corrected chi connectivity index (χ3v) is 3.76. The normalized spacial score (nSPS) is 9.71. The number of thiophene rings is 1. The number of rotatable bonds is 3. The lowest BCUT2D eigenvalue weighted by atomic mass is 10.1. The zero-order valence-electron chi connectivity index (χ0n) is 10.6. The number of pyridine rings is 1. The highest BCUT2D eigenvalue weighted by molar-refractivity contribution is 7.13. The molecule has 1 amide bonds. The van der Waals surface area contributed by atoms with Crippen LogP contribution in [0.2, 0.25) is 0 Å². The molecule has 0 saturated carbocycles. The van der Waals surface area contributed by atoms with Crippen LogP contribution in [0.1, 0.15) is 17.8 Å². The van der Waals surface area contributed by atoms with Gasteiger partial charge in [-0.05, 0) is 29.6 Å². The minimum absolute atomic E-state index is 0. The topological polar surface area (TPSA) is 42.0 Å². The van der Waals surface area contributed by atoms with Crippen LogP contribution in [0.3, 0.4) is 0 Å². The predicted molar refractivity (Wildman–Crippen MR) is 88.7 cm³/mol. The third kappa shape index (κ3) is 3.55. The van der Waals surface area contributed by atoms with E-state index < -0.39 is 0 Å². The maximum absolute atomic E-state index is 12.2. The van der Waals surface area contributed by atoms with Gasteiger partial charge in [-0.3, -0.25) is 9.78 Å². The van der Waals surface area contributed by atoms with Crippen molar-refractivity contribution < 1.29 is 4.79 Å². The van der Waals surface area contributed by atoms with Gasteiger partial charge in [-0.1, -0.05) is 31.7 Å². The molecular weight excluding hydrogens is 280 g/mol. The number of nitrogens with one attached hydrogen (secondary N) is 1. The van der Waals surface area contributed by atoms with Crippen molar-refractivity contribution in [3.63, 3.8) is 0 Å². The molecule has 0 radical (unpaired) electrons. The molecule has 1 aromatic carbocycles. The van der Waals surface area contributed by atoms with Gasteiger partial charge in [0.05, 0.1) is 5.56 Å². The Morgan fingerprint density at radius 3 is 2.57 bits per heavy atom. The maximum atomic E-state index is 12.2. The number of aromatic nitrogens is 1. The molecule has 3 aromatic rings. The van der Waals surface area contributed by atoms with Gasteiger partial charge in [0.2, 0.25) is 0 Å². The second kappa shape index (κ2) is 6.81. The van der Waals surface area contributed by atoms with Crippen LogP contribution in [0.15, 0.2) is 66.3 Å². The summed E-state index contributed by atoms with van der Waals surface area (Å²) in [5.74, 6) is -0.151. The number of hydrogen-bond acceptors (Lipinski definition) is 3. The van der Waals surface area contributed by atoms with Gasteiger partial charge in [-0.15, -0.1) is 11.3 Å². The first-order chi connectivity index (χ1) is 9.83. The van der Waals surface area contributed by atoms with Crippen LogP contribution in [0.25, 0.3) is 10.4 Å². The van der Waals surface area contributed by atoms with Crippen molar-refractivity contribution >= 4 is 22.9 Å². The first-order valence-corrected chi connectivity index (χ1v) is 7.06. The van der Waals surface area contributed by atoms with Crippen molar-refractivity contribution in [3.8, 4) is 10.4 Å². The molecule has 21 heavy (non-hydrogen) atoms. The van der Waals surface area contributed by atoms with Gasteiger partial charge in [0.1, 0.15) is 0 Å². The van der Waals surface area contributed by atoms with Crippen LogP contribution in [0, 0.1) is 0 Å². The molecule has 4 heteroatoms. The fraction of sp³-hybridized carbons (Fsp3) is 0.0588. The fourth-order valence-corrected chi connectivity index (χ4v) is 2.58. The number of carbonyl (C=O) groups excluding carboxylic acids is 1. The lowest BCUT2D eigenvalue weighted by molar-refractivity contribution is 0.102. The predicted octanol–water partition coefficient (Wildman–Crippen LogP) is 4.70. The molecule has 0 aliphatic heterocycles. The Labute approximate surface area is 128 Å². The van der Waals surface area contributed by atoms with E-state index in [0.29, 0.717) is 5.56 Å². The summed E-state index contributed by atoms with van der Waals surface area (Å²) in [4.78, 5) is 17.4. The van der Waals surface area contributed by atoms with Crippen molar-refractivity contribution in [2.45, 2.75) is 7.43 Å². The number of anilines is 1. The second-order valence-corrected chi connectivity index (χ2v) is 5.21. The number of amides is 1. The Hall–Kier alpha value is -2.46. The van der Waals surface area contributed by atoms with Crippen LogP contribution < -0.4 is 5.32 Å². The first-order valence-electron chi connectivity index (χ1n) is 6.18. The molecule has 106 valence electrons. The molecule has 3 nitrogen and oxygen atoms in total. The van der Waals surface area contributed by atoms with E-state index in [2.05, 4.69) is 10.3 Å². The number of para-hydroxylation sites is 1. The zero-order chi connectivity index (χ0) is 13.8. The van der Waals surface area contributed by atoms with Gasteiger partial charge in [0.25, 0.3) is 5.91 Å². The molecule has 1 N–H and O–H groups in total. The Balaban J connectivity index is 0.00000161. The third-order valence-electron chi connectivity index (χ3n) is 2.84. The maximum Gasteiger partial charge on any atom is 0.257 e. The standard InChI is InChI=1S/C16H12N2OS.CH4/c19-16(18-14-5-2-1-3-6-14)13-9-12(10-17-11-13)15-7-4-8-20-15;/h1-11H,(H,18,19);1H4. The fourth-order valence-electron chi connectivity index (χ4n) is 1.87. The van der Waals surface area contributed by atoms with Gasteiger partial charge in [-0.2, -0.15) is 0 Å². The number of carbonyl (C=O) groups is 1. The Kier molecular flexibility index (Phi) is 4.85. The molecule has 0 unspecified atom stereocenters.